The lowest BCUT2D eigenvalue weighted by Gasteiger charge is -1.79. The third-order valence-corrected chi connectivity index (χ3v) is 1.26. The molecule has 0 saturated carbocycles. The Morgan fingerprint density at radius 3 is 2.92 bits per heavy atom. The fourth-order valence-electron chi connectivity index (χ4n) is 0.737. The number of hydrogen-bond donors (Lipinski definition) is 1. The van der Waals surface area contributed by atoms with E-state index in [2.05, 4.69) is 19.6 Å². The molecular formula is C6H3N3O4. The number of carboxylic acid groups (broad SMARTS) is 1. The fraction of sp³-hybridized carbons (Fsp3) is 0. The Labute approximate surface area is 71.0 Å². The van der Waals surface area contributed by atoms with Gasteiger partial charge in [0.1, 0.15) is 0 Å². The lowest BCUT2D eigenvalue weighted by atomic mass is 10.5. The number of aromatic carboxylic acids is 1. The Balaban J connectivity index is 2.39. The minimum atomic E-state index is -1.28. The molecule has 0 aliphatic heterocycles. The molecular weight excluding hydrogens is 178 g/mol. The van der Waals surface area contributed by atoms with Crippen molar-refractivity contribution in [1.82, 2.24) is 15.1 Å². The average Bonchev–Trinajstić information content (AvgIpc) is 2.75. The highest BCUT2D eigenvalue weighted by molar-refractivity contribution is 5.82. The average molecular weight is 181 g/mol. The van der Waals surface area contributed by atoms with E-state index >= 15 is 0 Å². The molecule has 2 heterocycles. The molecule has 0 spiro atoms. The zero-order chi connectivity index (χ0) is 9.26. The molecule has 0 fully saturated rings. The van der Waals surface area contributed by atoms with Crippen LogP contribution in [0.3, 0.4) is 0 Å². The third kappa shape index (κ3) is 1.26. The Bertz CT molecular complexity index is 419. The molecule has 0 atom stereocenters. The predicted molar refractivity (Wildman–Crippen MR) is 36.8 cm³/mol. The second-order valence-corrected chi connectivity index (χ2v) is 2.09. The summed E-state index contributed by atoms with van der Waals surface area (Å²) < 4.78 is 9.23. The van der Waals surface area contributed by atoms with E-state index < -0.39 is 11.9 Å². The highest BCUT2D eigenvalue weighted by Crippen LogP contribution is 2.13. The Morgan fingerprint density at radius 2 is 2.38 bits per heavy atom. The van der Waals surface area contributed by atoms with E-state index in [9.17, 15) is 4.79 Å². The van der Waals surface area contributed by atoms with Crippen molar-refractivity contribution in [2.75, 3.05) is 0 Å². The molecule has 2 aromatic rings. The van der Waals surface area contributed by atoms with Crippen molar-refractivity contribution in [3.8, 4) is 11.6 Å². The number of rotatable bonds is 2. The quantitative estimate of drug-likeness (QED) is 0.716. The minimum absolute atomic E-state index is 0.0647. The summed E-state index contributed by atoms with van der Waals surface area (Å²) in [5.41, 5.74) is 0. The molecule has 0 saturated heterocycles. The van der Waals surface area contributed by atoms with Crippen molar-refractivity contribution in [1.29, 1.82) is 0 Å². The molecule has 0 radical (unpaired) electrons. The zero-order valence-electron chi connectivity index (χ0n) is 6.17. The second-order valence-electron chi connectivity index (χ2n) is 2.09. The van der Waals surface area contributed by atoms with Gasteiger partial charge in [-0.3, -0.25) is 0 Å². The topological polar surface area (TPSA) is 102 Å². The van der Waals surface area contributed by atoms with Gasteiger partial charge in [0, 0.05) is 0 Å². The summed E-state index contributed by atoms with van der Waals surface area (Å²) >= 11 is 0. The van der Waals surface area contributed by atoms with E-state index in [0.717, 1.165) is 0 Å². The van der Waals surface area contributed by atoms with Gasteiger partial charge in [-0.25, -0.2) is 9.78 Å². The van der Waals surface area contributed by atoms with E-state index in [0.29, 0.717) is 0 Å². The van der Waals surface area contributed by atoms with Crippen LogP contribution >= 0.6 is 0 Å². The first-order chi connectivity index (χ1) is 6.27. The van der Waals surface area contributed by atoms with Crippen LogP contribution in [0.25, 0.3) is 11.6 Å². The molecule has 0 aliphatic carbocycles. The zero-order valence-corrected chi connectivity index (χ0v) is 6.17. The van der Waals surface area contributed by atoms with E-state index in [1.807, 2.05) is 0 Å². The monoisotopic (exact) mass is 181 g/mol. The molecule has 66 valence electrons. The van der Waals surface area contributed by atoms with Gasteiger partial charge in [-0.05, 0) is 0 Å². The molecule has 0 amide bonds. The number of carboxylic acids is 1. The van der Waals surface area contributed by atoms with Crippen molar-refractivity contribution in [3.05, 3.63) is 18.5 Å². The molecule has 7 heteroatoms. The second kappa shape index (κ2) is 2.70. The Morgan fingerprint density at radius 1 is 1.54 bits per heavy atom. The van der Waals surface area contributed by atoms with Crippen LogP contribution in [-0.4, -0.2) is 26.2 Å². The first-order valence-corrected chi connectivity index (χ1v) is 3.23. The molecule has 0 bridgehead atoms. The first kappa shape index (κ1) is 7.47. The van der Waals surface area contributed by atoms with Gasteiger partial charge in [0.15, 0.2) is 12.2 Å². The van der Waals surface area contributed by atoms with Gasteiger partial charge in [0.25, 0.3) is 0 Å². The highest BCUT2D eigenvalue weighted by atomic mass is 16.5. The van der Waals surface area contributed by atoms with Crippen LogP contribution in [0.5, 0.6) is 0 Å². The van der Waals surface area contributed by atoms with Gasteiger partial charge < -0.3 is 14.0 Å². The molecule has 0 aromatic carbocycles. The Hall–Kier alpha value is -2.18. The molecule has 7 nitrogen and oxygen atoms in total. The molecule has 13 heavy (non-hydrogen) atoms. The van der Waals surface area contributed by atoms with E-state index in [1.54, 1.807) is 0 Å². The van der Waals surface area contributed by atoms with Gasteiger partial charge in [-0.2, -0.15) is 4.98 Å². The number of carbonyl (C=O) groups is 1. The minimum Gasteiger partial charge on any atom is -0.474 e. The van der Waals surface area contributed by atoms with Crippen molar-refractivity contribution < 1.29 is 18.8 Å². The van der Waals surface area contributed by atoms with Crippen molar-refractivity contribution >= 4 is 5.97 Å². The van der Waals surface area contributed by atoms with Crippen molar-refractivity contribution in [2.45, 2.75) is 0 Å². The molecule has 2 aromatic heterocycles. The van der Waals surface area contributed by atoms with Crippen LogP contribution in [-0.2, 0) is 0 Å². The summed E-state index contributed by atoms with van der Waals surface area (Å²) in [5.74, 6) is -1.43. The first-order valence-electron chi connectivity index (χ1n) is 3.23. The maximum atomic E-state index is 10.3. The van der Waals surface area contributed by atoms with Crippen LogP contribution < -0.4 is 0 Å². The smallest absolute Gasteiger partial charge is 0.394 e. The van der Waals surface area contributed by atoms with Gasteiger partial charge in [-0.1, -0.05) is 5.16 Å². The lowest BCUT2D eigenvalue weighted by Crippen LogP contribution is -1.95. The van der Waals surface area contributed by atoms with Crippen LogP contribution in [0.1, 0.15) is 10.7 Å². The summed E-state index contributed by atoms with van der Waals surface area (Å²) in [5, 5.41) is 11.8. The normalized spacial score (nSPS) is 10.2. The van der Waals surface area contributed by atoms with Crippen molar-refractivity contribution in [2.24, 2.45) is 0 Å². The van der Waals surface area contributed by atoms with Gasteiger partial charge in [0.2, 0.25) is 5.82 Å². The van der Waals surface area contributed by atoms with Crippen LogP contribution in [0, 0.1) is 0 Å². The molecule has 2 rings (SSSR count). The lowest BCUT2D eigenvalue weighted by molar-refractivity contribution is 0.0643. The van der Waals surface area contributed by atoms with Crippen LogP contribution in [0.15, 0.2) is 21.5 Å². The summed E-state index contributed by atoms with van der Waals surface area (Å²) in [4.78, 5) is 17.5. The number of aromatic nitrogens is 3. The molecule has 0 unspecified atom stereocenters. The number of nitrogens with zero attached hydrogens (tertiary/aromatic N) is 3. The van der Waals surface area contributed by atoms with Crippen LogP contribution in [0.2, 0.25) is 0 Å². The van der Waals surface area contributed by atoms with Crippen molar-refractivity contribution in [3.63, 3.8) is 0 Å². The van der Waals surface area contributed by atoms with E-state index in [1.165, 1.54) is 12.6 Å². The van der Waals surface area contributed by atoms with E-state index in [-0.39, 0.29) is 11.6 Å². The summed E-state index contributed by atoms with van der Waals surface area (Å²) in [6.45, 7) is 0. The standard InChI is InChI=1S/C6H3N3O4/c10-6(11)5-8-4(9-13-5)3-1-7-2-12-3/h1-2H,(H,10,11). The van der Waals surface area contributed by atoms with E-state index in [4.69, 9.17) is 9.52 Å². The van der Waals surface area contributed by atoms with Gasteiger partial charge in [0.05, 0.1) is 6.20 Å². The third-order valence-electron chi connectivity index (χ3n) is 1.26. The molecule has 1 N–H and O–H groups in total. The fourth-order valence-corrected chi connectivity index (χ4v) is 0.737. The summed E-state index contributed by atoms with van der Waals surface area (Å²) in [6, 6.07) is 0. The van der Waals surface area contributed by atoms with Crippen LogP contribution in [0.4, 0.5) is 0 Å². The maximum absolute atomic E-state index is 10.3. The number of oxazole rings is 1. The SMILES string of the molecule is O=C(O)c1nc(-c2cnco2)no1. The van der Waals surface area contributed by atoms with Gasteiger partial charge in [-0.15, -0.1) is 0 Å². The Kier molecular flexibility index (Phi) is 1.55. The maximum Gasteiger partial charge on any atom is 0.394 e. The summed E-state index contributed by atoms with van der Waals surface area (Å²) in [7, 11) is 0. The highest BCUT2D eigenvalue weighted by Gasteiger charge is 2.15. The predicted octanol–water partition coefficient (Wildman–Crippen LogP) is 0.423. The molecule has 0 aliphatic rings. The largest absolute Gasteiger partial charge is 0.474 e. The number of hydrogen-bond acceptors (Lipinski definition) is 6. The summed E-state index contributed by atoms with van der Waals surface area (Å²) in [6.07, 6.45) is 2.54. The van der Waals surface area contributed by atoms with Gasteiger partial charge >= 0.3 is 11.9 Å².